The van der Waals surface area contributed by atoms with E-state index in [0.717, 1.165) is 13.0 Å². The molecule has 1 aromatic carbocycles. The van der Waals surface area contributed by atoms with E-state index in [-0.39, 0.29) is 69.8 Å². The summed E-state index contributed by atoms with van der Waals surface area (Å²) in [5.41, 5.74) is 0. The smallest absolute Gasteiger partial charge is 0.417 e. The minimum absolute atomic E-state index is 0. The SMILES string of the molecule is C.C.C.C.C.CC.[CH2-]C.[CH2-]CCOC.[CH2-]COC.[Y+3].c1ccccc1. The molecule has 0 aromatic heterocycles. The van der Waals surface area contributed by atoms with Gasteiger partial charge in [-0.3, -0.25) is 0 Å². The van der Waals surface area contributed by atoms with Crippen LogP contribution in [-0.4, -0.2) is 27.4 Å². The minimum atomic E-state index is 0. The van der Waals surface area contributed by atoms with Crippen LogP contribution in [0.25, 0.3) is 0 Å². The molecule has 0 aliphatic carbocycles. The molecule has 0 N–H and O–H groups in total. The van der Waals surface area contributed by atoms with Crippen molar-refractivity contribution in [1.29, 1.82) is 0 Å². The molecule has 0 aliphatic heterocycles. The Bertz CT molecular complexity index is 140. The van der Waals surface area contributed by atoms with Crippen molar-refractivity contribution in [2.75, 3.05) is 27.4 Å². The molecule has 0 fully saturated rings. The van der Waals surface area contributed by atoms with Gasteiger partial charge in [0.1, 0.15) is 0 Å². The van der Waals surface area contributed by atoms with Crippen molar-refractivity contribution in [3.63, 3.8) is 0 Å². The Labute approximate surface area is 190 Å². The molecule has 0 atom stereocenters. The molecule has 1 aromatic rings. The zero-order chi connectivity index (χ0) is 15.8. The Balaban J connectivity index is -0.0000000140. The van der Waals surface area contributed by atoms with Crippen LogP contribution in [0.1, 0.15) is 64.3 Å². The van der Waals surface area contributed by atoms with Crippen LogP contribution in [0.5, 0.6) is 0 Å². The van der Waals surface area contributed by atoms with Crippen molar-refractivity contribution in [3.8, 4) is 0 Å². The van der Waals surface area contributed by atoms with Gasteiger partial charge >= 0.3 is 32.7 Å². The van der Waals surface area contributed by atoms with Gasteiger partial charge < -0.3 is 30.2 Å². The van der Waals surface area contributed by atoms with E-state index in [2.05, 4.69) is 30.2 Å². The first-order valence-electron chi connectivity index (χ1n) is 6.60. The standard InChI is InChI=1S/C6H6.C4H9O.C3H7O.C2H6.C2H5.5CH4.Y/c1-2-4-6-5-3-1;1-3-4-5-2;1-3-4-2;2*1-2;;;;;;/h1-6H;1,3-4H2,2H3;1,3H2,2H3;1-2H3;1H2,2H3;5*1H4;/q;2*-1;;-1;;;;;;+3. The van der Waals surface area contributed by atoms with Gasteiger partial charge in [-0.25, -0.2) is 0 Å². The van der Waals surface area contributed by atoms with Gasteiger partial charge in [0.15, 0.2) is 0 Å². The molecule has 25 heavy (non-hydrogen) atoms. The van der Waals surface area contributed by atoms with E-state index in [4.69, 9.17) is 0 Å². The van der Waals surface area contributed by atoms with Crippen LogP contribution in [0, 0.1) is 20.8 Å². The number of rotatable bonds is 3. The quantitative estimate of drug-likeness (QED) is 0.444. The fourth-order valence-electron chi connectivity index (χ4n) is 0.529. The average Bonchev–Trinajstić information content (AvgIpc) is 2.54. The molecule has 3 heteroatoms. The molecule has 0 unspecified atom stereocenters. The van der Waals surface area contributed by atoms with Crippen molar-refractivity contribution in [1.82, 2.24) is 0 Å². The molecule has 0 heterocycles. The summed E-state index contributed by atoms with van der Waals surface area (Å²) >= 11 is 0. The largest absolute Gasteiger partial charge is 3.00 e. The summed E-state index contributed by atoms with van der Waals surface area (Å²) in [5.74, 6) is 0. The summed E-state index contributed by atoms with van der Waals surface area (Å²) in [6.07, 6.45) is 0.872. The fraction of sp³-hybridized carbons (Fsp3) is 0.591. The molecule has 0 bridgehead atoms. The maximum absolute atomic E-state index is 4.63. The molecular weight excluding hydrogens is 385 g/mol. The van der Waals surface area contributed by atoms with Crippen molar-refractivity contribution < 1.29 is 42.2 Å². The van der Waals surface area contributed by atoms with Crippen molar-refractivity contribution in [2.45, 2.75) is 64.3 Å². The van der Waals surface area contributed by atoms with Crippen LogP contribution in [-0.2, 0) is 42.2 Å². The molecule has 156 valence electrons. The second-order valence-electron chi connectivity index (χ2n) is 2.49. The summed E-state index contributed by atoms with van der Waals surface area (Å²) in [6.45, 7) is 17.3. The predicted molar refractivity (Wildman–Crippen MR) is 122 cm³/mol. The van der Waals surface area contributed by atoms with E-state index in [1.807, 2.05) is 50.2 Å². The van der Waals surface area contributed by atoms with Gasteiger partial charge in [0.2, 0.25) is 0 Å². The van der Waals surface area contributed by atoms with Crippen LogP contribution in [0.3, 0.4) is 0 Å². The number of hydrogen-bond donors (Lipinski definition) is 0. The number of ether oxygens (including phenoxy) is 2. The monoisotopic (exact) mass is 438 g/mol. The van der Waals surface area contributed by atoms with Gasteiger partial charge in [-0.15, -0.1) is 0 Å². The third-order valence-corrected chi connectivity index (χ3v) is 1.22. The Morgan fingerprint density at radius 3 is 0.880 bits per heavy atom. The summed E-state index contributed by atoms with van der Waals surface area (Å²) in [5, 5.41) is 0. The van der Waals surface area contributed by atoms with Crippen LogP contribution in [0.2, 0.25) is 0 Å². The van der Waals surface area contributed by atoms with E-state index in [9.17, 15) is 0 Å². The first kappa shape index (κ1) is 63.9. The summed E-state index contributed by atoms with van der Waals surface area (Å²) in [6, 6.07) is 12.0. The Kier molecular flexibility index (Phi) is 265. The van der Waals surface area contributed by atoms with Crippen molar-refractivity contribution in [2.24, 2.45) is 0 Å². The van der Waals surface area contributed by atoms with Gasteiger partial charge in [-0.1, -0.05) is 94.0 Å². The molecule has 0 saturated heterocycles. The fourth-order valence-corrected chi connectivity index (χ4v) is 0.529. The van der Waals surface area contributed by atoms with E-state index in [1.165, 1.54) is 0 Å². The third-order valence-electron chi connectivity index (χ3n) is 1.22. The first-order chi connectivity index (χ1) is 9.33. The van der Waals surface area contributed by atoms with Crippen LogP contribution in [0.4, 0.5) is 0 Å². The number of benzene rings is 1. The Morgan fingerprint density at radius 2 is 0.840 bits per heavy atom. The minimum Gasteiger partial charge on any atom is -0.417 e. The van der Waals surface area contributed by atoms with Crippen LogP contribution < -0.4 is 0 Å². The second-order valence-corrected chi connectivity index (χ2v) is 2.49. The third kappa shape index (κ3) is 140. The molecule has 0 aliphatic rings. The van der Waals surface area contributed by atoms with Gasteiger partial charge in [0.25, 0.3) is 0 Å². The zero-order valence-corrected chi connectivity index (χ0v) is 16.9. The van der Waals surface area contributed by atoms with Crippen molar-refractivity contribution in [3.05, 3.63) is 57.2 Å². The topological polar surface area (TPSA) is 18.5 Å². The molecule has 0 spiro atoms. The van der Waals surface area contributed by atoms with Crippen LogP contribution >= 0.6 is 0 Å². The van der Waals surface area contributed by atoms with E-state index in [1.54, 1.807) is 21.1 Å². The molecule has 0 amide bonds. The molecule has 1 rings (SSSR count). The molecular formula is C22H53O2Y. The summed E-state index contributed by atoms with van der Waals surface area (Å²) in [7, 11) is 3.29. The van der Waals surface area contributed by atoms with Crippen molar-refractivity contribution >= 4 is 0 Å². The van der Waals surface area contributed by atoms with Crippen LogP contribution in [0.15, 0.2) is 36.4 Å². The van der Waals surface area contributed by atoms with E-state index in [0.29, 0.717) is 6.61 Å². The second kappa shape index (κ2) is 104. The van der Waals surface area contributed by atoms with E-state index < -0.39 is 0 Å². The zero-order valence-electron chi connectivity index (χ0n) is 14.1. The first-order valence-corrected chi connectivity index (χ1v) is 6.60. The summed E-state index contributed by atoms with van der Waals surface area (Å²) < 4.78 is 9.06. The number of hydrogen-bond acceptors (Lipinski definition) is 2. The van der Waals surface area contributed by atoms with Gasteiger partial charge in [0.05, 0.1) is 0 Å². The number of methoxy groups -OCH3 is 2. The predicted octanol–water partition coefficient (Wildman–Crippen LogP) is 8.06. The normalized spacial score (nSPS) is 5.28. The van der Waals surface area contributed by atoms with Gasteiger partial charge in [0, 0.05) is 20.8 Å². The summed E-state index contributed by atoms with van der Waals surface area (Å²) in [4.78, 5) is 0. The Morgan fingerprint density at radius 1 is 0.640 bits per heavy atom. The van der Waals surface area contributed by atoms with E-state index >= 15 is 0 Å². The van der Waals surface area contributed by atoms with Gasteiger partial charge in [-0.2, -0.15) is 13.3 Å². The average molecular weight is 439 g/mol. The molecule has 0 radical (unpaired) electrons. The maximum atomic E-state index is 4.63. The van der Waals surface area contributed by atoms with Gasteiger partial charge in [-0.05, 0) is 0 Å². The Hall–Kier alpha value is 0.244. The molecule has 2 nitrogen and oxygen atoms in total. The molecule has 0 saturated carbocycles. The maximum Gasteiger partial charge on any atom is 3.00 e.